The molecule has 0 spiro atoms. The lowest BCUT2D eigenvalue weighted by Gasteiger charge is -2.03. The topological polar surface area (TPSA) is 103 Å². The van der Waals surface area contributed by atoms with E-state index in [4.69, 9.17) is 10.8 Å². The van der Waals surface area contributed by atoms with E-state index in [1.807, 2.05) is 0 Å². The Bertz CT molecular complexity index is 260. The molecule has 0 bridgehead atoms. The molecule has 0 atom stereocenters. The van der Waals surface area contributed by atoms with Gasteiger partial charge in [0.1, 0.15) is 0 Å². The van der Waals surface area contributed by atoms with E-state index in [0.29, 0.717) is 19.5 Å². The van der Waals surface area contributed by atoms with Crippen LogP contribution < -0.4 is 11.2 Å². The summed E-state index contributed by atoms with van der Waals surface area (Å²) in [5.41, 5.74) is 5.94. The molecule has 5 nitrogen and oxygen atoms in total. The molecule has 0 aromatic heterocycles. The highest BCUT2D eigenvalue weighted by Gasteiger charge is 1.97. The third-order valence-corrected chi connectivity index (χ3v) is 4.52. The largest absolute Gasteiger partial charge is 0.636 e. The Kier molecular flexibility index (Phi) is 28.2. The summed E-state index contributed by atoms with van der Waals surface area (Å²) in [6.45, 7) is 3.50. The monoisotopic (exact) mass is 374 g/mol. The van der Waals surface area contributed by atoms with Gasteiger partial charge in [-0.25, -0.2) is 0 Å². The van der Waals surface area contributed by atoms with Crippen molar-refractivity contribution in [2.75, 3.05) is 13.1 Å². The van der Waals surface area contributed by atoms with Gasteiger partial charge >= 0.3 is 5.97 Å². The number of carboxylic acid groups (broad SMARTS) is 1. The van der Waals surface area contributed by atoms with Gasteiger partial charge in [0.2, 0.25) is 0 Å². The zero-order chi connectivity index (χ0) is 19.7. The van der Waals surface area contributed by atoms with Crippen LogP contribution in [0.2, 0.25) is 0 Å². The number of carboxylic acids is 1. The van der Waals surface area contributed by atoms with E-state index in [-0.39, 0.29) is 0 Å². The normalized spacial score (nSPS) is 10.4. The van der Waals surface area contributed by atoms with E-state index in [2.05, 4.69) is 6.92 Å². The minimum absolute atomic E-state index is 0.345. The Morgan fingerprint density at radius 2 is 1.15 bits per heavy atom. The number of hydrogen-bond donors (Lipinski definition) is 3. The van der Waals surface area contributed by atoms with Crippen LogP contribution in [0.15, 0.2) is 0 Å². The van der Waals surface area contributed by atoms with E-state index in [1.54, 1.807) is 0 Å². The molecule has 0 aromatic rings. The van der Waals surface area contributed by atoms with E-state index < -0.39 is 5.97 Å². The zero-order valence-corrected chi connectivity index (χ0v) is 17.4. The molecular weight excluding hydrogens is 328 g/mol. The van der Waals surface area contributed by atoms with Crippen LogP contribution in [-0.4, -0.2) is 24.2 Å². The Hall–Kier alpha value is -0.650. The molecule has 0 unspecified atom stereocenters. The molecule has 5 N–H and O–H groups in total. The maximum atomic E-state index is 10.3. The second-order valence-electron chi connectivity index (χ2n) is 7.19. The lowest BCUT2D eigenvalue weighted by molar-refractivity contribution is -0.588. The number of nitrogens with two attached hydrogens (primary N) is 2. The SMILES string of the molecule is CCCCCCCCCCCCCCCCCC(=O)O.NCCC[NH2+][O-]. The minimum atomic E-state index is -0.653. The highest BCUT2D eigenvalue weighted by Crippen LogP contribution is 2.13. The third-order valence-electron chi connectivity index (χ3n) is 4.52. The van der Waals surface area contributed by atoms with Crippen LogP contribution in [-0.2, 0) is 4.79 Å². The maximum Gasteiger partial charge on any atom is 0.303 e. The molecule has 0 heterocycles. The van der Waals surface area contributed by atoms with Crippen LogP contribution in [0.4, 0.5) is 0 Å². The molecule has 0 aliphatic carbocycles. The molecule has 0 rings (SSSR count). The van der Waals surface area contributed by atoms with E-state index in [9.17, 15) is 10.0 Å². The first kappa shape index (κ1) is 27.6. The number of rotatable bonds is 19. The third kappa shape index (κ3) is 31.2. The Morgan fingerprint density at radius 3 is 1.42 bits per heavy atom. The van der Waals surface area contributed by atoms with Gasteiger partial charge in [0.05, 0.1) is 6.54 Å². The first-order valence-electron chi connectivity index (χ1n) is 11.0. The fourth-order valence-electron chi connectivity index (χ4n) is 2.85. The fraction of sp³-hybridized carbons (Fsp3) is 0.952. The summed E-state index contributed by atoms with van der Waals surface area (Å²) < 4.78 is 0. The number of carbonyl (C=O) groups is 1. The van der Waals surface area contributed by atoms with E-state index >= 15 is 0 Å². The predicted molar refractivity (Wildman–Crippen MR) is 111 cm³/mol. The molecule has 26 heavy (non-hydrogen) atoms. The summed E-state index contributed by atoms with van der Waals surface area (Å²) in [5.74, 6) is -0.653. The Balaban J connectivity index is 0. The second kappa shape index (κ2) is 26.6. The molecule has 158 valence electrons. The fourth-order valence-corrected chi connectivity index (χ4v) is 2.85. The second-order valence-corrected chi connectivity index (χ2v) is 7.19. The minimum Gasteiger partial charge on any atom is -0.636 e. The quantitative estimate of drug-likeness (QED) is 0.225. The molecule has 0 amide bonds. The summed E-state index contributed by atoms with van der Waals surface area (Å²) in [7, 11) is 0. The summed E-state index contributed by atoms with van der Waals surface area (Å²) in [4.78, 5) is 10.3. The summed E-state index contributed by atoms with van der Waals surface area (Å²) in [5, 5.41) is 18.0. The highest BCUT2D eigenvalue weighted by atomic mass is 16.5. The molecule has 0 saturated carbocycles. The standard InChI is InChI=1S/C18H36O2.C3H10N2O/c1-2-3-4-5-6-7-8-9-10-11-12-13-14-15-16-17-18(19)20;4-2-1-3-5-6/h2-17H2,1H3,(H,19,20);1-5H2. The Morgan fingerprint density at radius 1 is 0.769 bits per heavy atom. The van der Waals surface area contributed by atoms with Crippen LogP contribution in [0.25, 0.3) is 0 Å². The predicted octanol–water partition coefficient (Wildman–Crippen LogP) is 4.73. The first-order valence-corrected chi connectivity index (χ1v) is 11.0. The lowest BCUT2D eigenvalue weighted by Crippen LogP contribution is -2.77. The molecule has 0 aliphatic heterocycles. The van der Waals surface area contributed by atoms with Crippen LogP contribution >= 0.6 is 0 Å². The average Bonchev–Trinajstić information content (AvgIpc) is 2.63. The molecular formula is C21H46N2O3. The molecule has 0 radical (unpaired) electrons. The van der Waals surface area contributed by atoms with Crippen molar-refractivity contribution in [2.24, 2.45) is 5.73 Å². The number of hydroxylamine groups is 1. The lowest BCUT2D eigenvalue weighted by atomic mass is 10.0. The van der Waals surface area contributed by atoms with Crippen molar-refractivity contribution >= 4 is 5.97 Å². The van der Waals surface area contributed by atoms with Crippen molar-refractivity contribution in [2.45, 2.75) is 116 Å². The van der Waals surface area contributed by atoms with Crippen LogP contribution in [0, 0.1) is 5.21 Å². The van der Waals surface area contributed by atoms with Crippen LogP contribution in [0.3, 0.4) is 0 Å². The van der Waals surface area contributed by atoms with Crippen molar-refractivity contribution in [1.29, 1.82) is 0 Å². The van der Waals surface area contributed by atoms with Gasteiger partial charge in [-0.1, -0.05) is 96.8 Å². The van der Waals surface area contributed by atoms with Gasteiger partial charge in [0, 0.05) is 12.8 Å². The van der Waals surface area contributed by atoms with Gasteiger partial charge in [-0.3, -0.25) is 4.79 Å². The zero-order valence-electron chi connectivity index (χ0n) is 17.4. The maximum absolute atomic E-state index is 10.3. The Labute approximate surface area is 162 Å². The van der Waals surface area contributed by atoms with Gasteiger partial charge in [-0.2, -0.15) is 0 Å². The van der Waals surface area contributed by atoms with Gasteiger partial charge in [-0.05, 0) is 13.0 Å². The van der Waals surface area contributed by atoms with Crippen molar-refractivity contribution in [3.05, 3.63) is 5.21 Å². The van der Waals surface area contributed by atoms with Crippen molar-refractivity contribution < 1.29 is 15.4 Å². The van der Waals surface area contributed by atoms with Crippen LogP contribution in [0.1, 0.15) is 116 Å². The molecule has 0 saturated heterocycles. The van der Waals surface area contributed by atoms with Crippen molar-refractivity contribution in [1.82, 2.24) is 0 Å². The number of unbranched alkanes of at least 4 members (excludes halogenated alkanes) is 14. The number of hydrogen-bond acceptors (Lipinski definition) is 3. The van der Waals surface area contributed by atoms with E-state index in [1.165, 1.54) is 83.5 Å². The van der Waals surface area contributed by atoms with Gasteiger partial charge < -0.3 is 21.5 Å². The molecule has 0 aliphatic rings. The molecule has 0 fully saturated rings. The van der Waals surface area contributed by atoms with E-state index in [0.717, 1.165) is 24.7 Å². The summed E-state index contributed by atoms with van der Waals surface area (Å²) >= 11 is 0. The number of aliphatic carboxylic acids is 1. The summed E-state index contributed by atoms with van der Waals surface area (Å²) in [6.07, 6.45) is 21.0. The van der Waals surface area contributed by atoms with Gasteiger partial charge in [-0.15, -0.1) is 0 Å². The summed E-state index contributed by atoms with van der Waals surface area (Å²) in [6, 6.07) is 0. The van der Waals surface area contributed by atoms with Crippen molar-refractivity contribution in [3.8, 4) is 0 Å². The smallest absolute Gasteiger partial charge is 0.303 e. The molecule has 5 heteroatoms. The molecule has 0 aromatic carbocycles. The first-order chi connectivity index (χ1) is 12.7. The average molecular weight is 375 g/mol. The van der Waals surface area contributed by atoms with Gasteiger partial charge in [0.25, 0.3) is 0 Å². The van der Waals surface area contributed by atoms with Crippen molar-refractivity contribution in [3.63, 3.8) is 0 Å². The van der Waals surface area contributed by atoms with Crippen LogP contribution in [0.5, 0.6) is 0 Å². The number of quaternary nitrogens is 1. The van der Waals surface area contributed by atoms with Gasteiger partial charge in [0.15, 0.2) is 0 Å². The highest BCUT2D eigenvalue weighted by molar-refractivity contribution is 5.66.